The van der Waals surface area contributed by atoms with E-state index in [9.17, 15) is 13.6 Å². The highest BCUT2D eigenvalue weighted by atomic mass is 19.1. The van der Waals surface area contributed by atoms with Crippen molar-refractivity contribution in [1.82, 2.24) is 9.80 Å². The lowest BCUT2D eigenvalue weighted by Crippen LogP contribution is -2.54. The molecule has 0 spiro atoms. The van der Waals surface area contributed by atoms with Crippen molar-refractivity contribution in [2.75, 3.05) is 37.6 Å². The second-order valence-electron chi connectivity index (χ2n) is 6.53. The van der Waals surface area contributed by atoms with Crippen molar-refractivity contribution >= 4 is 11.6 Å². The van der Waals surface area contributed by atoms with Crippen LogP contribution in [0.3, 0.4) is 0 Å². The lowest BCUT2D eigenvalue weighted by Gasteiger charge is -2.39. The van der Waals surface area contributed by atoms with E-state index in [1.165, 1.54) is 23.1 Å². The minimum absolute atomic E-state index is 0.188. The molecule has 23 heavy (non-hydrogen) atoms. The van der Waals surface area contributed by atoms with Crippen LogP contribution in [0.1, 0.15) is 20.3 Å². The third-order valence-electron chi connectivity index (χ3n) is 4.90. The Kier molecular flexibility index (Phi) is 4.64. The van der Waals surface area contributed by atoms with Gasteiger partial charge in [-0.1, -0.05) is 6.07 Å². The summed E-state index contributed by atoms with van der Waals surface area (Å²) in [6, 6.07) is 3.95. The van der Waals surface area contributed by atoms with E-state index >= 15 is 0 Å². The molecule has 0 saturated carbocycles. The number of rotatable bonds is 3. The fourth-order valence-electron chi connectivity index (χ4n) is 3.54. The first-order valence-electron chi connectivity index (χ1n) is 8.22. The highest BCUT2D eigenvalue weighted by Crippen LogP contribution is 2.29. The van der Waals surface area contributed by atoms with Gasteiger partial charge in [0.05, 0.1) is 6.04 Å². The molecule has 2 saturated heterocycles. The maximum atomic E-state index is 13.9. The van der Waals surface area contributed by atoms with Gasteiger partial charge in [-0.15, -0.1) is 0 Å². The summed E-state index contributed by atoms with van der Waals surface area (Å²) in [7, 11) is 0. The Hall–Kier alpha value is -1.53. The summed E-state index contributed by atoms with van der Waals surface area (Å²) in [5.74, 6) is -1.54. The summed E-state index contributed by atoms with van der Waals surface area (Å²) < 4.78 is 27.9. The lowest BCUT2D eigenvalue weighted by molar-refractivity contribution is -0.122. The van der Waals surface area contributed by atoms with E-state index in [4.69, 9.17) is 0 Å². The quantitative estimate of drug-likeness (QED) is 0.852. The minimum atomic E-state index is -0.677. The van der Waals surface area contributed by atoms with Crippen molar-refractivity contribution in [1.29, 1.82) is 0 Å². The molecule has 6 heteroatoms. The number of carbonyl (C=O) groups is 1. The third-order valence-corrected chi connectivity index (χ3v) is 4.90. The van der Waals surface area contributed by atoms with Gasteiger partial charge in [0.15, 0.2) is 0 Å². The summed E-state index contributed by atoms with van der Waals surface area (Å²) in [5.41, 5.74) is -0.208. The summed E-state index contributed by atoms with van der Waals surface area (Å²) in [6.45, 7) is 8.19. The fourth-order valence-corrected chi connectivity index (χ4v) is 3.54. The van der Waals surface area contributed by atoms with Crippen LogP contribution in [0.5, 0.6) is 0 Å². The van der Waals surface area contributed by atoms with Gasteiger partial charge in [0.1, 0.15) is 17.3 Å². The largest absolute Gasteiger partial charge is 0.306 e. The molecule has 2 heterocycles. The molecule has 0 aliphatic carbocycles. The van der Waals surface area contributed by atoms with E-state index in [0.717, 1.165) is 26.2 Å². The number of nitrogens with zero attached hydrogens (tertiary/aromatic N) is 3. The standard InChI is InChI=1S/C17H23F2N3O/c1-12(2)20-8-10-21(11-9-20)15-6-7-22(17(15)23)16-13(18)4-3-5-14(16)19/h3-5,12,15H,6-11H2,1-2H3. The van der Waals surface area contributed by atoms with E-state index in [1.807, 2.05) is 0 Å². The minimum Gasteiger partial charge on any atom is -0.306 e. The smallest absolute Gasteiger partial charge is 0.244 e. The molecule has 0 radical (unpaired) electrons. The van der Waals surface area contributed by atoms with Crippen LogP contribution in [0, 0.1) is 11.6 Å². The maximum absolute atomic E-state index is 13.9. The van der Waals surface area contributed by atoms with Crippen molar-refractivity contribution < 1.29 is 13.6 Å². The molecule has 1 atom stereocenters. The SMILES string of the molecule is CC(C)N1CCN(C2CCN(c3c(F)cccc3F)C2=O)CC1. The van der Waals surface area contributed by atoms with Crippen molar-refractivity contribution in [3.8, 4) is 0 Å². The van der Waals surface area contributed by atoms with Crippen LogP contribution in [0.4, 0.5) is 14.5 Å². The maximum Gasteiger partial charge on any atom is 0.244 e. The zero-order valence-electron chi connectivity index (χ0n) is 13.6. The second kappa shape index (κ2) is 6.53. The molecule has 1 aromatic carbocycles. The predicted octanol–water partition coefficient (Wildman–Crippen LogP) is 2.10. The number of piperazine rings is 1. The Morgan fingerprint density at radius 2 is 1.65 bits per heavy atom. The molecule has 0 aromatic heterocycles. The van der Waals surface area contributed by atoms with Gasteiger partial charge in [0.25, 0.3) is 0 Å². The number of anilines is 1. The van der Waals surface area contributed by atoms with E-state index in [2.05, 4.69) is 23.6 Å². The average Bonchev–Trinajstić information content (AvgIpc) is 2.89. The summed E-state index contributed by atoms with van der Waals surface area (Å²) in [4.78, 5) is 18.5. The number of amides is 1. The van der Waals surface area contributed by atoms with Gasteiger partial charge in [-0.3, -0.25) is 14.6 Å². The molecule has 0 bridgehead atoms. The Morgan fingerprint density at radius 1 is 1.04 bits per heavy atom. The van der Waals surface area contributed by atoms with Gasteiger partial charge in [0.2, 0.25) is 5.91 Å². The van der Waals surface area contributed by atoms with E-state index < -0.39 is 11.6 Å². The Morgan fingerprint density at radius 3 is 2.22 bits per heavy atom. The van der Waals surface area contributed by atoms with Crippen LogP contribution in [0.25, 0.3) is 0 Å². The van der Waals surface area contributed by atoms with Crippen LogP contribution in [0.15, 0.2) is 18.2 Å². The Balaban J connectivity index is 1.70. The molecule has 126 valence electrons. The molecule has 2 fully saturated rings. The van der Waals surface area contributed by atoms with Crippen LogP contribution < -0.4 is 4.90 Å². The van der Waals surface area contributed by atoms with E-state index in [1.54, 1.807) is 0 Å². The second-order valence-corrected chi connectivity index (χ2v) is 6.53. The number of halogens is 2. The molecule has 2 aliphatic heterocycles. The van der Waals surface area contributed by atoms with Crippen molar-refractivity contribution in [2.45, 2.75) is 32.4 Å². The number of benzene rings is 1. The van der Waals surface area contributed by atoms with Crippen LogP contribution in [0.2, 0.25) is 0 Å². The van der Waals surface area contributed by atoms with Gasteiger partial charge in [-0.05, 0) is 32.4 Å². The molecule has 1 amide bonds. The van der Waals surface area contributed by atoms with Gasteiger partial charge < -0.3 is 4.90 Å². The first kappa shape index (κ1) is 16.3. The molecule has 1 unspecified atom stereocenters. The molecule has 4 nitrogen and oxygen atoms in total. The number of para-hydroxylation sites is 1. The Labute approximate surface area is 135 Å². The first-order chi connectivity index (χ1) is 11.0. The van der Waals surface area contributed by atoms with Gasteiger partial charge >= 0.3 is 0 Å². The molecule has 1 aromatic rings. The van der Waals surface area contributed by atoms with Crippen LogP contribution >= 0.6 is 0 Å². The Bertz CT molecular complexity index is 565. The first-order valence-corrected chi connectivity index (χ1v) is 8.22. The van der Waals surface area contributed by atoms with Crippen molar-refractivity contribution in [3.05, 3.63) is 29.8 Å². The van der Waals surface area contributed by atoms with Crippen LogP contribution in [-0.4, -0.2) is 60.5 Å². The van der Waals surface area contributed by atoms with Gasteiger partial charge in [-0.25, -0.2) is 8.78 Å². The molecule has 2 aliphatic rings. The molecular formula is C17H23F2N3O. The van der Waals surface area contributed by atoms with E-state index in [-0.39, 0.29) is 17.6 Å². The highest BCUT2D eigenvalue weighted by Gasteiger charge is 2.39. The number of hydrogen-bond acceptors (Lipinski definition) is 3. The lowest BCUT2D eigenvalue weighted by atomic mass is 10.1. The highest BCUT2D eigenvalue weighted by molar-refractivity contribution is 5.99. The average molecular weight is 323 g/mol. The normalized spacial score (nSPS) is 24.0. The zero-order valence-corrected chi connectivity index (χ0v) is 13.6. The third kappa shape index (κ3) is 3.10. The van der Waals surface area contributed by atoms with Crippen molar-refractivity contribution in [3.63, 3.8) is 0 Å². The zero-order chi connectivity index (χ0) is 16.6. The molecule has 0 N–H and O–H groups in total. The van der Waals surface area contributed by atoms with Crippen molar-refractivity contribution in [2.24, 2.45) is 0 Å². The van der Waals surface area contributed by atoms with E-state index in [0.29, 0.717) is 19.0 Å². The topological polar surface area (TPSA) is 26.8 Å². The van der Waals surface area contributed by atoms with Gasteiger partial charge in [-0.2, -0.15) is 0 Å². The summed E-state index contributed by atoms with van der Waals surface area (Å²) in [5, 5.41) is 0. The molecule has 3 rings (SSSR count). The van der Waals surface area contributed by atoms with Gasteiger partial charge in [0, 0.05) is 38.8 Å². The fraction of sp³-hybridized carbons (Fsp3) is 0.588. The molecular weight excluding hydrogens is 300 g/mol. The summed E-state index contributed by atoms with van der Waals surface area (Å²) in [6.07, 6.45) is 0.619. The number of hydrogen-bond donors (Lipinski definition) is 0. The van der Waals surface area contributed by atoms with Crippen LogP contribution in [-0.2, 0) is 4.79 Å². The predicted molar refractivity (Wildman–Crippen MR) is 85.4 cm³/mol. The number of carbonyl (C=O) groups excluding carboxylic acids is 1. The summed E-state index contributed by atoms with van der Waals surface area (Å²) >= 11 is 0. The monoisotopic (exact) mass is 323 g/mol.